The molecule has 4 nitrogen and oxygen atoms in total. The number of hydrogen-bond acceptors (Lipinski definition) is 5. The number of methoxy groups -OCH3 is 1. The zero-order valence-corrected chi connectivity index (χ0v) is 14.8. The SMILES string of the molecule is CCc1nc2c(s1)[C@H](N[C@@H]1CCCN(CCOC)C1)CCC2. The fourth-order valence-electron chi connectivity index (χ4n) is 3.68. The summed E-state index contributed by atoms with van der Waals surface area (Å²) in [6.07, 6.45) is 7.39. The highest BCUT2D eigenvalue weighted by molar-refractivity contribution is 7.11. The molecule has 1 N–H and O–H groups in total. The van der Waals surface area contributed by atoms with E-state index < -0.39 is 0 Å². The Bertz CT molecular complexity index is 476. The lowest BCUT2D eigenvalue weighted by atomic mass is 9.96. The molecule has 1 aromatic rings. The van der Waals surface area contributed by atoms with Gasteiger partial charge in [0.2, 0.25) is 0 Å². The first kappa shape index (κ1) is 16.4. The van der Waals surface area contributed by atoms with E-state index in [0.717, 1.165) is 26.1 Å². The minimum atomic E-state index is 0.536. The number of nitrogens with one attached hydrogen (secondary N) is 1. The van der Waals surface area contributed by atoms with E-state index in [1.165, 1.54) is 54.2 Å². The van der Waals surface area contributed by atoms with Gasteiger partial charge in [-0.05, 0) is 45.1 Å². The van der Waals surface area contributed by atoms with Gasteiger partial charge in [-0.25, -0.2) is 4.98 Å². The van der Waals surface area contributed by atoms with Crippen molar-refractivity contribution < 1.29 is 4.74 Å². The van der Waals surface area contributed by atoms with Crippen molar-refractivity contribution in [1.29, 1.82) is 0 Å². The molecule has 124 valence electrons. The van der Waals surface area contributed by atoms with Gasteiger partial charge in [0.25, 0.3) is 0 Å². The molecule has 0 bridgehead atoms. The van der Waals surface area contributed by atoms with Crippen LogP contribution in [0, 0.1) is 0 Å². The smallest absolute Gasteiger partial charge is 0.0928 e. The summed E-state index contributed by atoms with van der Waals surface area (Å²) in [7, 11) is 1.79. The second kappa shape index (κ2) is 7.86. The summed E-state index contributed by atoms with van der Waals surface area (Å²) in [5.41, 5.74) is 1.37. The molecule has 1 aromatic heterocycles. The Morgan fingerprint density at radius 2 is 2.27 bits per heavy atom. The van der Waals surface area contributed by atoms with Crippen LogP contribution in [-0.2, 0) is 17.6 Å². The Kier molecular flexibility index (Phi) is 5.85. The maximum Gasteiger partial charge on any atom is 0.0928 e. The highest BCUT2D eigenvalue weighted by Crippen LogP contribution is 2.35. The van der Waals surface area contributed by atoms with Crippen molar-refractivity contribution >= 4 is 11.3 Å². The quantitative estimate of drug-likeness (QED) is 0.873. The molecule has 0 spiro atoms. The molecule has 1 saturated heterocycles. The first-order chi connectivity index (χ1) is 10.8. The van der Waals surface area contributed by atoms with Gasteiger partial charge in [-0.3, -0.25) is 4.90 Å². The number of fused-ring (bicyclic) bond motifs is 1. The van der Waals surface area contributed by atoms with Crippen LogP contribution in [0.15, 0.2) is 0 Å². The third kappa shape index (κ3) is 3.88. The number of thiazole rings is 1. The number of aromatic nitrogens is 1. The predicted octanol–water partition coefficient (Wildman–Crippen LogP) is 2.78. The van der Waals surface area contributed by atoms with Gasteiger partial charge in [0.05, 0.1) is 17.3 Å². The topological polar surface area (TPSA) is 37.4 Å². The summed E-state index contributed by atoms with van der Waals surface area (Å²) < 4.78 is 5.22. The molecule has 3 rings (SSSR count). The zero-order chi connectivity index (χ0) is 15.4. The molecule has 5 heteroatoms. The molecule has 2 atom stereocenters. The standard InChI is InChI=1S/C17H29N3OS/c1-3-16-19-15-8-4-7-14(17(15)22-16)18-13-6-5-9-20(12-13)10-11-21-2/h13-14,18H,3-12H2,1-2H3/t13-,14-/m1/s1. The average Bonchev–Trinajstić information content (AvgIpc) is 2.98. The fraction of sp³-hybridized carbons (Fsp3) is 0.824. The van der Waals surface area contributed by atoms with Crippen LogP contribution >= 0.6 is 11.3 Å². The van der Waals surface area contributed by atoms with Crippen molar-refractivity contribution in [3.8, 4) is 0 Å². The van der Waals surface area contributed by atoms with E-state index in [4.69, 9.17) is 9.72 Å². The van der Waals surface area contributed by atoms with Crippen LogP contribution in [0.5, 0.6) is 0 Å². The number of nitrogens with zero attached hydrogens (tertiary/aromatic N) is 2. The van der Waals surface area contributed by atoms with Crippen LogP contribution in [0.1, 0.15) is 54.2 Å². The molecule has 0 radical (unpaired) electrons. The Morgan fingerprint density at radius 1 is 1.36 bits per heavy atom. The highest BCUT2D eigenvalue weighted by Gasteiger charge is 2.28. The van der Waals surface area contributed by atoms with Gasteiger partial charge >= 0.3 is 0 Å². The van der Waals surface area contributed by atoms with Gasteiger partial charge in [0, 0.05) is 37.2 Å². The number of ether oxygens (including phenoxy) is 1. The third-order valence-corrected chi connectivity index (χ3v) is 6.21. The molecule has 0 amide bonds. The van der Waals surface area contributed by atoms with E-state index >= 15 is 0 Å². The molecule has 22 heavy (non-hydrogen) atoms. The van der Waals surface area contributed by atoms with E-state index in [-0.39, 0.29) is 0 Å². The van der Waals surface area contributed by atoms with Crippen molar-refractivity contribution in [2.24, 2.45) is 0 Å². The molecule has 2 heterocycles. The monoisotopic (exact) mass is 323 g/mol. The van der Waals surface area contributed by atoms with Crippen LogP contribution in [0.25, 0.3) is 0 Å². The van der Waals surface area contributed by atoms with E-state index in [9.17, 15) is 0 Å². The summed E-state index contributed by atoms with van der Waals surface area (Å²) in [4.78, 5) is 8.88. The van der Waals surface area contributed by atoms with Crippen molar-refractivity contribution in [2.75, 3.05) is 33.4 Å². The van der Waals surface area contributed by atoms with E-state index in [0.29, 0.717) is 12.1 Å². The lowest BCUT2D eigenvalue weighted by Gasteiger charge is -2.36. The van der Waals surface area contributed by atoms with Crippen molar-refractivity contribution in [3.63, 3.8) is 0 Å². The molecule has 1 aliphatic carbocycles. The van der Waals surface area contributed by atoms with E-state index in [2.05, 4.69) is 17.1 Å². The first-order valence-electron chi connectivity index (χ1n) is 8.76. The van der Waals surface area contributed by atoms with Crippen LogP contribution in [-0.4, -0.2) is 49.3 Å². The maximum atomic E-state index is 5.22. The maximum absolute atomic E-state index is 5.22. The molecule has 1 aliphatic heterocycles. The summed E-state index contributed by atoms with van der Waals surface area (Å²) >= 11 is 1.94. The molecule has 2 aliphatic rings. The second-order valence-electron chi connectivity index (χ2n) is 6.52. The lowest BCUT2D eigenvalue weighted by Crippen LogP contribution is -2.47. The Hall–Kier alpha value is -0.490. The van der Waals surface area contributed by atoms with Crippen LogP contribution in [0.2, 0.25) is 0 Å². The predicted molar refractivity (Wildman–Crippen MR) is 91.6 cm³/mol. The highest BCUT2D eigenvalue weighted by atomic mass is 32.1. The second-order valence-corrected chi connectivity index (χ2v) is 7.63. The van der Waals surface area contributed by atoms with Gasteiger partial charge in [-0.2, -0.15) is 0 Å². The van der Waals surface area contributed by atoms with Crippen molar-refractivity contribution in [2.45, 2.75) is 57.5 Å². The fourth-order valence-corrected chi connectivity index (χ4v) is 4.83. The average molecular weight is 324 g/mol. The number of piperidine rings is 1. The zero-order valence-electron chi connectivity index (χ0n) is 13.9. The Morgan fingerprint density at radius 3 is 3.09 bits per heavy atom. The Balaban J connectivity index is 1.60. The molecule has 1 fully saturated rings. The Labute approximate surface area is 138 Å². The number of likely N-dealkylation sites (tertiary alicyclic amines) is 1. The molecule has 0 saturated carbocycles. The van der Waals surface area contributed by atoms with E-state index in [1.54, 1.807) is 7.11 Å². The van der Waals surface area contributed by atoms with Crippen molar-refractivity contribution in [3.05, 3.63) is 15.6 Å². The molecule has 0 unspecified atom stereocenters. The summed E-state index contributed by atoms with van der Waals surface area (Å²) in [5, 5.41) is 5.26. The molecular weight excluding hydrogens is 294 g/mol. The van der Waals surface area contributed by atoms with Gasteiger partial charge < -0.3 is 10.1 Å². The summed E-state index contributed by atoms with van der Waals surface area (Å²) in [6.45, 7) is 6.49. The largest absolute Gasteiger partial charge is 0.383 e. The van der Waals surface area contributed by atoms with Gasteiger partial charge in [-0.1, -0.05) is 6.92 Å². The number of rotatable bonds is 6. The van der Waals surface area contributed by atoms with Crippen LogP contribution < -0.4 is 5.32 Å². The molecule has 0 aromatic carbocycles. The van der Waals surface area contributed by atoms with Gasteiger partial charge in [-0.15, -0.1) is 11.3 Å². The van der Waals surface area contributed by atoms with Crippen molar-refractivity contribution in [1.82, 2.24) is 15.2 Å². The lowest BCUT2D eigenvalue weighted by molar-refractivity contribution is 0.119. The summed E-state index contributed by atoms with van der Waals surface area (Å²) in [6, 6.07) is 1.16. The summed E-state index contributed by atoms with van der Waals surface area (Å²) in [5.74, 6) is 0. The minimum absolute atomic E-state index is 0.536. The van der Waals surface area contributed by atoms with Crippen LogP contribution in [0.3, 0.4) is 0 Å². The van der Waals surface area contributed by atoms with Gasteiger partial charge in [0.1, 0.15) is 0 Å². The van der Waals surface area contributed by atoms with Gasteiger partial charge in [0.15, 0.2) is 0 Å². The number of hydrogen-bond donors (Lipinski definition) is 1. The van der Waals surface area contributed by atoms with Crippen LogP contribution in [0.4, 0.5) is 0 Å². The number of aryl methyl sites for hydroxylation is 2. The molecular formula is C17H29N3OS. The third-order valence-electron chi connectivity index (χ3n) is 4.85. The normalized spacial score (nSPS) is 26.1. The van der Waals surface area contributed by atoms with E-state index in [1.807, 2.05) is 11.3 Å². The minimum Gasteiger partial charge on any atom is -0.383 e. The first-order valence-corrected chi connectivity index (χ1v) is 9.57.